The van der Waals surface area contributed by atoms with Gasteiger partial charge in [0.05, 0.1) is 34.0 Å². The highest BCUT2D eigenvalue weighted by atomic mass is 31.2. The molecule has 0 amide bonds. The zero-order valence-corrected chi connectivity index (χ0v) is 12.6. The molecule has 0 spiro atoms. The lowest BCUT2D eigenvalue weighted by atomic mass is 10.2. The number of hydrogen-bond donors (Lipinski definition) is 1. The number of phosphoric acid groups is 1. The highest BCUT2D eigenvalue weighted by Gasteiger charge is 2.22. The van der Waals surface area contributed by atoms with Crippen LogP contribution in [-0.2, 0) is 13.8 Å². The van der Waals surface area contributed by atoms with E-state index in [-0.39, 0.29) is 0 Å². The van der Waals surface area contributed by atoms with E-state index in [9.17, 15) is 9.46 Å². The molecule has 0 bridgehead atoms. The van der Waals surface area contributed by atoms with Crippen LogP contribution >= 0.6 is 7.82 Å². The summed E-state index contributed by atoms with van der Waals surface area (Å²) in [5.41, 5.74) is 1.02. The van der Waals surface area contributed by atoms with E-state index in [4.69, 9.17) is 9.63 Å². The van der Waals surface area contributed by atoms with Gasteiger partial charge in [0.2, 0.25) is 0 Å². The third-order valence-electron chi connectivity index (χ3n) is 1.91. The molecular weight excluding hydrogens is 257 g/mol. The second-order valence-electron chi connectivity index (χ2n) is 5.52. The van der Waals surface area contributed by atoms with Gasteiger partial charge in [-0.3, -0.25) is 4.57 Å². The molecule has 7 heteroatoms. The molecule has 0 aliphatic heterocycles. The Morgan fingerprint density at radius 1 is 1.44 bits per heavy atom. The molecule has 1 N–H and O–H groups in total. The molecule has 0 aliphatic rings. The molecule has 0 saturated heterocycles. The highest BCUT2D eigenvalue weighted by Crippen LogP contribution is 2.33. The van der Waals surface area contributed by atoms with E-state index in [0.717, 1.165) is 5.57 Å². The lowest BCUT2D eigenvalue weighted by Crippen LogP contribution is -2.42. The summed E-state index contributed by atoms with van der Waals surface area (Å²) >= 11 is 0. The van der Waals surface area contributed by atoms with Crippen LogP contribution < -0.4 is 4.89 Å². The zero-order chi connectivity index (χ0) is 14.4. The molecule has 0 rings (SSSR count). The molecule has 0 fully saturated rings. The van der Waals surface area contributed by atoms with Gasteiger partial charge < -0.3 is 23.5 Å². The van der Waals surface area contributed by atoms with Crippen molar-refractivity contribution in [3.63, 3.8) is 0 Å². The van der Waals surface area contributed by atoms with E-state index < -0.39 is 13.9 Å². The van der Waals surface area contributed by atoms with E-state index in [0.29, 0.717) is 24.1 Å². The topological polar surface area (TPSA) is 78.8 Å². The molecule has 18 heavy (non-hydrogen) atoms. The van der Waals surface area contributed by atoms with Crippen LogP contribution in [0.5, 0.6) is 0 Å². The summed E-state index contributed by atoms with van der Waals surface area (Å²) in [6.45, 7) is 4.61. The Hall–Kier alpha value is -0.390. The van der Waals surface area contributed by atoms with Crippen molar-refractivity contribution in [2.24, 2.45) is 0 Å². The minimum Gasteiger partial charge on any atom is -0.756 e. The van der Waals surface area contributed by atoms with Gasteiger partial charge in [-0.15, -0.1) is 0 Å². The maximum absolute atomic E-state index is 10.8. The molecule has 0 aliphatic carbocycles. The molecule has 0 saturated carbocycles. The van der Waals surface area contributed by atoms with Crippen molar-refractivity contribution in [2.45, 2.75) is 26.4 Å². The Labute approximate surface area is 109 Å². The molecule has 6 nitrogen and oxygen atoms in total. The Balaban J connectivity index is 4.31. The largest absolute Gasteiger partial charge is 0.756 e. The van der Waals surface area contributed by atoms with Crippen LogP contribution in [-0.4, -0.2) is 49.8 Å². The van der Waals surface area contributed by atoms with Crippen LogP contribution in [0.3, 0.4) is 0 Å². The highest BCUT2D eigenvalue weighted by molar-refractivity contribution is 7.44. The molecule has 0 aromatic heterocycles. The van der Waals surface area contributed by atoms with Crippen LogP contribution in [0.1, 0.15) is 20.3 Å². The summed E-state index contributed by atoms with van der Waals surface area (Å²) < 4.78 is 21.2. The smallest absolute Gasteiger partial charge is 0.265 e. The van der Waals surface area contributed by atoms with Crippen LogP contribution in [0, 0.1) is 0 Å². The Morgan fingerprint density at radius 3 is 2.39 bits per heavy atom. The Morgan fingerprint density at radius 2 is 2.00 bits per heavy atom. The van der Waals surface area contributed by atoms with Crippen LogP contribution in [0.2, 0.25) is 0 Å². The summed E-state index contributed by atoms with van der Waals surface area (Å²) in [6, 6.07) is 0. The monoisotopic (exact) mass is 281 g/mol. The van der Waals surface area contributed by atoms with E-state index in [1.54, 1.807) is 6.26 Å². The van der Waals surface area contributed by atoms with Crippen molar-refractivity contribution in [3.8, 4) is 0 Å². The van der Waals surface area contributed by atoms with Crippen molar-refractivity contribution in [1.82, 2.24) is 0 Å². The van der Waals surface area contributed by atoms with Crippen molar-refractivity contribution in [1.29, 1.82) is 0 Å². The van der Waals surface area contributed by atoms with Gasteiger partial charge in [-0.05, 0) is 19.4 Å². The molecular formula is C11H24NO5P. The maximum Gasteiger partial charge on any atom is 0.265 e. The molecule has 0 radical (unpaired) electrons. The average molecular weight is 281 g/mol. The predicted octanol–water partition coefficient (Wildman–Crippen LogP) is 0.869. The van der Waals surface area contributed by atoms with Crippen molar-refractivity contribution >= 4 is 7.82 Å². The quantitative estimate of drug-likeness (QED) is 0.309. The summed E-state index contributed by atoms with van der Waals surface area (Å²) in [7, 11) is 1.04. The summed E-state index contributed by atoms with van der Waals surface area (Å²) in [6.07, 6.45) is 1.41. The number of phosphoric ester groups is 1. The summed E-state index contributed by atoms with van der Waals surface area (Å²) in [5.74, 6) is 0. The average Bonchev–Trinajstić information content (AvgIpc) is 2.06. The lowest BCUT2D eigenvalue weighted by Gasteiger charge is -2.31. The fraction of sp³-hybridized carbons (Fsp3) is 0.818. The number of rotatable bonds is 8. The van der Waals surface area contributed by atoms with E-state index >= 15 is 0 Å². The SMILES string of the molecule is CC(C)=COCCC(C[N+](C)(C)C)OP(=O)([O-])O. The van der Waals surface area contributed by atoms with Gasteiger partial charge in [-0.25, -0.2) is 0 Å². The normalized spacial score (nSPS) is 16.8. The fourth-order valence-electron chi connectivity index (χ4n) is 1.40. The van der Waals surface area contributed by atoms with Crippen LogP contribution in [0.15, 0.2) is 11.8 Å². The van der Waals surface area contributed by atoms with E-state index in [1.807, 2.05) is 35.0 Å². The minimum absolute atomic E-state index is 0.343. The first kappa shape index (κ1) is 17.6. The third kappa shape index (κ3) is 12.1. The van der Waals surface area contributed by atoms with Gasteiger partial charge in [0.25, 0.3) is 7.82 Å². The van der Waals surface area contributed by atoms with Gasteiger partial charge in [0.1, 0.15) is 12.6 Å². The molecule has 0 aromatic rings. The maximum atomic E-state index is 10.8. The van der Waals surface area contributed by atoms with Gasteiger partial charge in [-0.1, -0.05) is 0 Å². The lowest BCUT2D eigenvalue weighted by molar-refractivity contribution is -0.873. The number of likely N-dealkylation sites (N-methyl/N-ethyl adjacent to an activating group) is 1. The zero-order valence-electron chi connectivity index (χ0n) is 11.8. The fourth-order valence-corrected chi connectivity index (χ4v) is 1.95. The Bertz CT molecular complexity index is 314. The molecule has 2 unspecified atom stereocenters. The van der Waals surface area contributed by atoms with Crippen molar-refractivity contribution < 1.29 is 28.1 Å². The molecule has 108 valence electrons. The molecule has 0 aromatic carbocycles. The number of allylic oxidation sites excluding steroid dienone is 1. The first-order valence-corrected chi connectivity index (χ1v) is 7.27. The number of ether oxygens (including phenoxy) is 1. The van der Waals surface area contributed by atoms with Crippen molar-refractivity contribution in [3.05, 3.63) is 11.8 Å². The van der Waals surface area contributed by atoms with Gasteiger partial charge >= 0.3 is 0 Å². The second kappa shape index (κ2) is 7.26. The first-order valence-electron chi connectivity index (χ1n) is 5.77. The summed E-state index contributed by atoms with van der Waals surface area (Å²) in [4.78, 5) is 19.5. The van der Waals surface area contributed by atoms with Gasteiger partial charge in [0, 0.05) is 6.42 Å². The van der Waals surface area contributed by atoms with E-state index in [1.165, 1.54) is 0 Å². The number of hydrogen-bond acceptors (Lipinski definition) is 4. The first-order chi connectivity index (χ1) is 7.99. The van der Waals surface area contributed by atoms with E-state index in [2.05, 4.69) is 4.52 Å². The minimum atomic E-state index is -4.71. The van der Waals surface area contributed by atoms with Gasteiger partial charge in [0.15, 0.2) is 0 Å². The van der Waals surface area contributed by atoms with Crippen LogP contribution in [0.4, 0.5) is 0 Å². The molecule has 0 heterocycles. The number of nitrogens with zero attached hydrogens (tertiary/aromatic N) is 1. The van der Waals surface area contributed by atoms with Gasteiger partial charge in [-0.2, -0.15) is 0 Å². The standard InChI is InChI=1S/C11H24NO5P/c1-10(2)9-16-7-6-11(8-12(3,4)5)17-18(13,14)15/h9,11H,6-8H2,1-5H3,(H-,13,14,15). The summed E-state index contributed by atoms with van der Waals surface area (Å²) in [5, 5.41) is 0. The second-order valence-corrected chi connectivity index (χ2v) is 6.67. The Kier molecular flexibility index (Phi) is 7.10. The predicted molar refractivity (Wildman–Crippen MR) is 67.6 cm³/mol. The number of quaternary nitrogens is 1. The van der Waals surface area contributed by atoms with Crippen molar-refractivity contribution in [2.75, 3.05) is 34.3 Å². The third-order valence-corrected chi connectivity index (χ3v) is 2.47. The van der Waals surface area contributed by atoms with Crippen LogP contribution in [0.25, 0.3) is 0 Å². The molecule has 2 atom stereocenters.